The summed E-state index contributed by atoms with van der Waals surface area (Å²) in [7, 11) is 1.54. The molecule has 6 heteroatoms. The van der Waals surface area contributed by atoms with Gasteiger partial charge < -0.3 is 15.4 Å². The van der Waals surface area contributed by atoms with Gasteiger partial charge in [0.25, 0.3) is 0 Å². The third kappa shape index (κ3) is 5.10. The smallest absolute Gasteiger partial charge is 0.228 e. The van der Waals surface area contributed by atoms with Crippen molar-refractivity contribution in [3.05, 3.63) is 52.5 Å². The zero-order valence-corrected chi connectivity index (χ0v) is 14.4. The van der Waals surface area contributed by atoms with Crippen molar-refractivity contribution < 1.29 is 14.3 Å². The first-order valence-electron chi connectivity index (χ1n) is 6.98. The fourth-order valence-corrected chi connectivity index (χ4v) is 2.30. The van der Waals surface area contributed by atoms with E-state index in [0.29, 0.717) is 17.1 Å². The van der Waals surface area contributed by atoms with Crippen LogP contribution in [-0.4, -0.2) is 18.9 Å². The van der Waals surface area contributed by atoms with Crippen LogP contribution in [0.25, 0.3) is 0 Å². The molecule has 0 aliphatic heterocycles. The van der Waals surface area contributed by atoms with Crippen molar-refractivity contribution in [3.8, 4) is 5.75 Å². The minimum atomic E-state index is -0.210. The Bertz CT molecular complexity index is 714. The molecule has 0 bridgehead atoms. The first kappa shape index (κ1) is 17.0. The van der Waals surface area contributed by atoms with Gasteiger partial charge in [0.2, 0.25) is 11.8 Å². The molecule has 0 aliphatic rings. The molecule has 0 aromatic heterocycles. The summed E-state index contributed by atoms with van der Waals surface area (Å²) in [5.74, 6) is 0.212. The van der Waals surface area contributed by atoms with E-state index in [-0.39, 0.29) is 18.2 Å². The van der Waals surface area contributed by atoms with Crippen LogP contribution >= 0.6 is 15.9 Å². The number of halogens is 1. The van der Waals surface area contributed by atoms with Crippen LogP contribution in [0.4, 0.5) is 11.4 Å². The fraction of sp³-hybridized carbons (Fsp3) is 0.176. The molecular weight excluding hydrogens is 360 g/mol. The predicted octanol–water partition coefficient (Wildman–Crippen LogP) is 3.60. The van der Waals surface area contributed by atoms with Gasteiger partial charge in [0.1, 0.15) is 5.75 Å². The van der Waals surface area contributed by atoms with Crippen LogP contribution in [0.1, 0.15) is 12.5 Å². The van der Waals surface area contributed by atoms with Gasteiger partial charge in [-0.3, -0.25) is 9.59 Å². The molecule has 120 valence electrons. The molecule has 2 amide bonds. The molecule has 2 N–H and O–H groups in total. The van der Waals surface area contributed by atoms with E-state index >= 15 is 0 Å². The van der Waals surface area contributed by atoms with Crippen molar-refractivity contribution in [2.75, 3.05) is 17.7 Å². The molecule has 2 aromatic rings. The standard InChI is InChI=1S/C17H17BrN2O3/c1-11(21)19-15-8-7-14(23-2)10-16(15)20-17(22)9-12-3-5-13(18)6-4-12/h3-8,10H,9H2,1-2H3,(H,19,21)(H,20,22). The van der Waals surface area contributed by atoms with Crippen LogP contribution < -0.4 is 15.4 Å². The number of hydrogen-bond acceptors (Lipinski definition) is 3. The minimum absolute atomic E-state index is 0.174. The molecule has 0 heterocycles. The molecular formula is C17H17BrN2O3. The Labute approximate surface area is 143 Å². The van der Waals surface area contributed by atoms with E-state index in [1.807, 2.05) is 24.3 Å². The highest BCUT2D eigenvalue weighted by atomic mass is 79.9. The second kappa shape index (κ2) is 7.78. The number of amides is 2. The molecule has 0 unspecified atom stereocenters. The van der Waals surface area contributed by atoms with Crippen molar-refractivity contribution in [1.82, 2.24) is 0 Å². The first-order valence-corrected chi connectivity index (χ1v) is 7.77. The molecule has 0 atom stereocenters. The van der Waals surface area contributed by atoms with E-state index in [2.05, 4.69) is 26.6 Å². The Balaban J connectivity index is 2.14. The van der Waals surface area contributed by atoms with Crippen molar-refractivity contribution in [1.29, 1.82) is 0 Å². The molecule has 0 radical (unpaired) electrons. The van der Waals surface area contributed by atoms with Crippen LogP contribution in [0.15, 0.2) is 46.9 Å². The zero-order chi connectivity index (χ0) is 16.8. The Kier molecular flexibility index (Phi) is 5.76. The first-order chi connectivity index (χ1) is 11.0. The van der Waals surface area contributed by atoms with Gasteiger partial charge in [0, 0.05) is 17.5 Å². The normalized spacial score (nSPS) is 10.0. The quantitative estimate of drug-likeness (QED) is 0.837. The van der Waals surface area contributed by atoms with Gasteiger partial charge in [0.05, 0.1) is 24.9 Å². The molecule has 2 aromatic carbocycles. The van der Waals surface area contributed by atoms with Crippen molar-refractivity contribution in [2.24, 2.45) is 0 Å². The van der Waals surface area contributed by atoms with Crippen LogP contribution in [0.3, 0.4) is 0 Å². The second-order valence-corrected chi connectivity index (χ2v) is 5.86. The van der Waals surface area contributed by atoms with E-state index < -0.39 is 0 Å². The van der Waals surface area contributed by atoms with E-state index in [1.165, 1.54) is 6.92 Å². The Hall–Kier alpha value is -2.34. The van der Waals surface area contributed by atoms with Gasteiger partial charge in [-0.15, -0.1) is 0 Å². The molecule has 0 saturated heterocycles. The number of anilines is 2. The number of hydrogen-bond donors (Lipinski definition) is 2. The van der Waals surface area contributed by atoms with E-state index in [4.69, 9.17) is 4.74 Å². The lowest BCUT2D eigenvalue weighted by Gasteiger charge is -2.13. The number of carbonyl (C=O) groups excluding carboxylic acids is 2. The maximum Gasteiger partial charge on any atom is 0.228 e. The molecule has 2 rings (SSSR count). The van der Waals surface area contributed by atoms with Gasteiger partial charge >= 0.3 is 0 Å². The number of ether oxygens (including phenoxy) is 1. The molecule has 0 saturated carbocycles. The van der Waals surface area contributed by atoms with Gasteiger partial charge in [-0.1, -0.05) is 28.1 Å². The van der Waals surface area contributed by atoms with Crippen molar-refractivity contribution in [3.63, 3.8) is 0 Å². The van der Waals surface area contributed by atoms with Gasteiger partial charge in [0.15, 0.2) is 0 Å². The van der Waals surface area contributed by atoms with Gasteiger partial charge in [-0.2, -0.15) is 0 Å². The highest BCUT2D eigenvalue weighted by Gasteiger charge is 2.10. The SMILES string of the molecule is COc1ccc(NC(C)=O)c(NC(=O)Cc2ccc(Br)cc2)c1. The van der Waals surface area contributed by atoms with Crippen LogP contribution in [0, 0.1) is 0 Å². The Morgan fingerprint density at radius 1 is 1.04 bits per heavy atom. The summed E-state index contributed by atoms with van der Waals surface area (Å²) in [6.45, 7) is 1.41. The Morgan fingerprint density at radius 3 is 2.35 bits per heavy atom. The van der Waals surface area contributed by atoms with Crippen molar-refractivity contribution in [2.45, 2.75) is 13.3 Å². The molecule has 0 aliphatic carbocycles. The second-order valence-electron chi connectivity index (χ2n) is 4.94. The summed E-state index contributed by atoms with van der Waals surface area (Å²) < 4.78 is 6.12. The van der Waals surface area contributed by atoms with Gasteiger partial charge in [-0.25, -0.2) is 0 Å². The van der Waals surface area contributed by atoms with Crippen LogP contribution in [0.2, 0.25) is 0 Å². The monoisotopic (exact) mass is 376 g/mol. The summed E-state index contributed by atoms with van der Waals surface area (Å²) in [6.07, 6.45) is 0.240. The minimum Gasteiger partial charge on any atom is -0.497 e. The third-order valence-electron chi connectivity index (χ3n) is 3.09. The van der Waals surface area contributed by atoms with Crippen LogP contribution in [0.5, 0.6) is 5.75 Å². The van der Waals surface area contributed by atoms with E-state index in [1.54, 1.807) is 25.3 Å². The summed E-state index contributed by atoms with van der Waals surface area (Å²) in [5.41, 5.74) is 1.93. The lowest BCUT2D eigenvalue weighted by molar-refractivity contribution is -0.116. The summed E-state index contributed by atoms with van der Waals surface area (Å²) in [6, 6.07) is 12.6. The molecule has 5 nitrogen and oxygen atoms in total. The maximum absolute atomic E-state index is 12.2. The van der Waals surface area contributed by atoms with Crippen molar-refractivity contribution >= 4 is 39.1 Å². The maximum atomic E-state index is 12.2. The largest absolute Gasteiger partial charge is 0.497 e. The zero-order valence-electron chi connectivity index (χ0n) is 12.9. The lowest BCUT2D eigenvalue weighted by Crippen LogP contribution is -2.17. The molecule has 0 fully saturated rings. The molecule has 0 spiro atoms. The number of benzene rings is 2. The number of nitrogens with one attached hydrogen (secondary N) is 2. The van der Waals surface area contributed by atoms with Crippen LogP contribution in [-0.2, 0) is 16.0 Å². The fourth-order valence-electron chi connectivity index (χ4n) is 2.03. The summed E-state index contributed by atoms with van der Waals surface area (Å²) >= 11 is 3.36. The summed E-state index contributed by atoms with van der Waals surface area (Å²) in [4.78, 5) is 23.5. The predicted molar refractivity (Wildman–Crippen MR) is 93.8 cm³/mol. The number of rotatable bonds is 5. The van der Waals surface area contributed by atoms with Gasteiger partial charge in [-0.05, 0) is 29.8 Å². The lowest BCUT2D eigenvalue weighted by atomic mass is 10.1. The molecule has 23 heavy (non-hydrogen) atoms. The van der Waals surface area contributed by atoms with E-state index in [0.717, 1.165) is 10.0 Å². The highest BCUT2D eigenvalue weighted by Crippen LogP contribution is 2.27. The third-order valence-corrected chi connectivity index (χ3v) is 3.62. The average molecular weight is 377 g/mol. The topological polar surface area (TPSA) is 67.4 Å². The Morgan fingerprint density at radius 2 is 1.74 bits per heavy atom. The number of methoxy groups -OCH3 is 1. The summed E-state index contributed by atoms with van der Waals surface area (Å²) in [5, 5.41) is 5.49. The highest BCUT2D eigenvalue weighted by molar-refractivity contribution is 9.10. The number of carbonyl (C=O) groups is 2. The average Bonchev–Trinajstić information content (AvgIpc) is 2.51. The van der Waals surface area contributed by atoms with E-state index in [9.17, 15) is 9.59 Å².